The van der Waals surface area contributed by atoms with Crippen molar-refractivity contribution in [1.82, 2.24) is 15.3 Å². The van der Waals surface area contributed by atoms with Gasteiger partial charge < -0.3 is 11.1 Å². The van der Waals surface area contributed by atoms with E-state index in [4.69, 9.17) is 5.73 Å². The Morgan fingerprint density at radius 1 is 1.40 bits per heavy atom. The van der Waals surface area contributed by atoms with Gasteiger partial charge in [0.25, 0.3) is 5.91 Å². The molecule has 2 heterocycles. The number of pyridine rings is 1. The number of rotatable bonds is 6. The fourth-order valence-electron chi connectivity index (χ4n) is 2.90. The zero-order valence-electron chi connectivity index (χ0n) is 14.5. The number of carbonyl (C=O) groups is 1. The fourth-order valence-corrected chi connectivity index (χ4v) is 3.75. The van der Waals surface area contributed by atoms with Crippen LogP contribution in [0, 0.1) is 6.92 Å². The van der Waals surface area contributed by atoms with Gasteiger partial charge in [-0.05, 0) is 42.7 Å². The standard InChI is InChI=1S/C19H22N4OS/c1-3-4-7-15(13-6-5-8-21-11-13)22-18(24)14-9-12(2)17-16(10-14)25-19(20)23-17/h5-6,8-11,15H,3-4,7H2,1-2H3,(H2,20,23)(H,22,24). The summed E-state index contributed by atoms with van der Waals surface area (Å²) in [6.07, 6.45) is 6.58. The van der Waals surface area contributed by atoms with Gasteiger partial charge >= 0.3 is 0 Å². The van der Waals surface area contributed by atoms with Crippen LogP contribution < -0.4 is 11.1 Å². The third-order valence-corrected chi connectivity index (χ3v) is 5.03. The Kier molecular flexibility index (Phi) is 5.28. The van der Waals surface area contributed by atoms with Gasteiger partial charge in [-0.3, -0.25) is 9.78 Å². The summed E-state index contributed by atoms with van der Waals surface area (Å²) >= 11 is 1.40. The van der Waals surface area contributed by atoms with Crippen LogP contribution in [0.3, 0.4) is 0 Å². The van der Waals surface area contributed by atoms with Crippen molar-refractivity contribution in [3.8, 4) is 0 Å². The first-order chi connectivity index (χ1) is 12.1. The topological polar surface area (TPSA) is 80.9 Å². The van der Waals surface area contributed by atoms with Crippen molar-refractivity contribution >= 4 is 32.6 Å². The molecule has 0 bridgehead atoms. The highest BCUT2D eigenvalue weighted by Crippen LogP contribution is 2.28. The van der Waals surface area contributed by atoms with Crippen LogP contribution in [0.4, 0.5) is 5.13 Å². The van der Waals surface area contributed by atoms with Crippen molar-refractivity contribution in [2.45, 2.75) is 39.2 Å². The molecule has 1 aromatic carbocycles. The summed E-state index contributed by atoms with van der Waals surface area (Å²) in [7, 11) is 0. The molecule has 0 fully saturated rings. The number of fused-ring (bicyclic) bond motifs is 1. The molecule has 6 heteroatoms. The zero-order chi connectivity index (χ0) is 17.8. The van der Waals surface area contributed by atoms with Gasteiger partial charge in [0.2, 0.25) is 0 Å². The van der Waals surface area contributed by atoms with Crippen molar-refractivity contribution in [3.63, 3.8) is 0 Å². The van der Waals surface area contributed by atoms with Crippen molar-refractivity contribution in [1.29, 1.82) is 0 Å². The lowest BCUT2D eigenvalue weighted by atomic mass is 10.0. The molecule has 2 aromatic heterocycles. The lowest BCUT2D eigenvalue weighted by Crippen LogP contribution is -2.28. The Morgan fingerprint density at radius 3 is 2.96 bits per heavy atom. The highest BCUT2D eigenvalue weighted by atomic mass is 32.1. The molecule has 1 unspecified atom stereocenters. The van der Waals surface area contributed by atoms with Crippen molar-refractivity contribution in [2.75, 3.05) is 5.73 Å². The number of hydrogen-bond acceptors (Lipinski definition) is 5. The molecule has 130 valence electrons. The fraction of sp³-hybridized carbons (Fsp3) is 0.316. The van der Waals surface area contributed by atoms with Crippen LogP contribution in [-0.4, -0.2) is 15.9 Å². The number of nitrogens with zero attached hydrogens (tertiary/aromatic N) is 2. The van der Waals surface area contributed by atoms with Crippen molar-refractivity contribution < 1.29 is 4.79 Å². The molecule has 0 aliphatic carbocycles. The van der Waals surface area contributed by atoms with Gasteiger partial charge in [0.05, 0.1) is 16.3 Å². The van der Waals surface area contributed by atoms with Gasteiger partial charge in [0.15, 0.2) is 5.13 Å². The summed E-state index contributed by atoms with van der Waals surface area (Å²) in [5, 5.41) is 3.68. The van der Waals surface area contributed by atoms with E-state index in [0.29, 0.717) is 10.7 Å². The number of nitrogens with one attached hydrogen (secondary N) is 1. The molecule has 3 N–H and O–H groups in total. The van der Waals surface area contributed by atoms with E-state index in [1.165, 1.54) is 11.3 Å². The maximum absolute atomic E-state index is 12.8. The Hall–Kier alpha value is -2.47. The predicted molar refractivity (Wildman–Crippen MR) is 103 cm³/mol. The molecule has 0 saturated heterocycles. The maximum Gasteiger partial charge on any atom is 0.251 e. The van der Waals surface area contributed by atoms with E-state index in [1.54, 1.807) is 6.20 Å². The lowest BCUT2D eigenvalue weighted by molar-refractivity contribution is 0.0934. The average molecular weight is 354 g/mol. The number of aryl methyl sites for hydroxylation is 1. The molecule has 0 saturated carbocycles. The maximum atomic E-state index is 12.8. The van der Waals surface area contributed by atoms with E-state index in [-0.39, 0.29) is 11.9 Å². The smallest absolute Gasteiger partial charge is 0.251 e. The number of unbranched alkanes of at least 4 members (excludes halogenated alkanes) is 1. The van der Waals surface area contributed by atoms with Gasteiger partial charge in [-0.1, -0.05) is 37.2 Å². The second-order valence-electron chi connectivity index (χ2n) is 6.15. The molecule has 3 aromatic rings. The first-order valence-electron chi connectivity index (χ1n) is 8.46. The second kappa shape index (κ2) is 7.61. The van der Waals surface area contributed by atoms with Crippen LogP contribution in [0.1, 0.15) is 53.7 Å². The third-order valence-electron chi connectivity index (χ3n) is 4.20. The zero-order valence-corrected chi connectivity index (χ0v) is 15.3. The largest absolute Gasteiger partial charge is 0.375 e. The number of nitrogens with two attached hydrogens (primary N) is 1. The van der Waals surface area contributed by atoms with E-state index < -0.39 is 0 Å². The number of anilines is 1. The normalized spacial score (nSPS) is 12.2. The van der Waals surface area contributed by atoms with Crippen LogP contribution in [0.25, 0.3) is 10.2 Å². The molecule has 1 amide bonds. The summed E-state index contributed by atoms with van der Waals surface area (Å²) in [4.78, 5) is 21.3. The molecule has 0 aliphatic heterocycles. The number of thiazole rings is 1. The Bertz CT molecular complexity index is 876. The summed E-state index contributed by atoms with van der Waals surface area (Å²) < 4.78 is 0.939. The number of amides is 1. The molecule has 5 nitrogen and oxygen atoms in total. The number of hydrogen-bond donors (Lipinski definition) is 2. The Labute approximate surface area is 151 Å². The second-order valence-corrected chi connectivity index (χ2v) is 7.21. The Morgan fingerprint density at radius 2 is 2.24 bits per heavy atom. The third kappa shape index (κ3) is 3.96. The van der Waals surface area contributed by atoms with Crippen LogP contribution in [0.15, 0.2) is 36.7 Å². The highest BCUT2D eigenvalue weighted by Gasteiger charge is 2.17. The van der Waals surface area contributed by atoms with Crippen LogP contribution in [0.2, 0.25) is 0 Å². The first kappa shape index (κ1) is 17.4. The van der Waals surface area contributed by atoms with Crippen LogP contribution in [-0.2, 0) is 0 Å². The quantitative estimate of drug-likeness (QED) is 0.693. The van der Waals surface area contributed by atoms with Crippen molar-refractivity contribution in [3.05, 3.63) is 53.3 Å². The molecular weight excluding hydrogens is 332 g/mol. The molecule has 3 rings (SSSR count). The number of aromatic nitrogens is 2. The monoisotopic (exact) mass is 354 g/mol. The SMILES string of the molecule is CCCCC(NC(=O)c1cc(C)c2nc(N)sc2c1)c1cccnc1. The molecule has 0 radical (unpaired) electrons. The first-order valence-corrected chi connectivity index (χ1v) is 9.27. The highest BCUT2D eigenvalue weighted by molar-refractivity contribution is 7.22. The van der Waals surface area contributed by atoms with Crippen LogP contribution in [0.5, 0.6) is 0 Å². The molecule has 25 heavy (non-hydrogen) atoms. The van der Waals surface area contributed by atoms with Gasteiger partial charge in [0.1, 0.15) is 0 Å². The number of nitrogen functional groups attached to an aromatic ring is 1. The molecule has 0 spiro atoms. The summed E-state index contributed by atoms with van der Waals surface area (Å²) in [6, 6.07) is 7.61. The summed E-state index contributed by atoms with van der Waals surface area (Å²) in [6.45, 7) is 4.10. The number of benzene rings is 1. The molecular formula is C19H22N4OS. The average Bonchev–Trinajstić information content (AvgIpc) is 3.00. The number of carbonyl (C=O) groups excluding carboxylic acids is 1. The summed E-state index contributed by atoms with van der Waals surface area (Å²) in [5.74, 6) is -0.0815. The Balaban J connectivity index is 1.85. The van der Waals surface area contributed by atoms with E-state index >= 15 is 0 Å². The molecule has 0 aliphatic rings. The van der Waals surface area contributed by atoms with E-state index in [9.17, 15) is 4.79 Å². The minimum atomic E-state index is -0.0815. The van der Waals surface area contributed by atoms with Crippen molar-refractivity contribution in [2.24, 2.45) is 0 Å². The summed E-state index contributed by atoms with van der Waals surface area (Å²) in [5.41, 5.74) is 9.30. The van der Waals surface area contributed by atoms with Gasteiger partial charge in [0, 0.05) is 18.0 Å². The van der Waals surface area contributed by atoms with Gasteiger partial charge in [-0.15, -0.1) is 0 Å². The van der Waals surface area contributed by atoms with Crippen LogP contribution >= 0.6 is 11.3 Å². The lowest BCUT2D eigenvalue weighted by Gasteiger charge is -2.19. The van der Waals surface area contributed by atoms with E-state index in [2.05, 4.69) is 22.2 Å². The minimum absolute atomic E-state index is 0.0383. The van der Waals surface area contributed by atoms with E-state index in [0.717, 1.165) is 40.6 Å². The molecule has 1 atom stereocenters. The van der Waals surface area contributed by atoms with E-state index in [1.807, 2.05) is 37.4 Å². The predicted octanol–water partition coefficient (Wildman–Crippen LogP) is 4.24. The van der Waals surface area contributed by atoms with Gasteiger partial charge in [-0.25, -0.2) is 4.98 Å². The van der Waals surface area contributed by atoms with Gasteiger partial charge in [-0.2, -0.15) is 0 Å². The minimum Gasteiger partial charge on any atom is -0.375 e.